The van der Waals surface area contributed by atoms with Crippen molar-refractivity contribution < 1.29 is 9.53 Å². The van der Waals surface area contributed by atoms with Crippen molar-refractivity contribution in [2.45, 2.75) is 38.8 Å². The van der Waals surface area contributed by atoms with Crippen molar-refractivity contribution >= 4 is 5.97 Å². The van der Waals surface area contributed by atoms with Gasteiger partial charge in [-0.2, -0.15) is 0 Å². The number of likely N-dealkylation sites (N-methyl/N-ethyl adjacent to an activating group) is 1. The molecule has 0 bridgehead atoms. The van der Waals surface area contributed by atoms with Gasteiger partial charge < -0.3 is 15.4 Å². The lowest BCUT2D eigenvalue weighted by Gasteiger charge is -2.39. The highest BCUT2D eigenvalue weighted by Crippen LogP contribution is 2.20. The average Bonchev–Trinajstić information content (AvgIpc) is 2.15. The van der Waals surface area contributed by atoms with Gasteiger partial charge in [-0.15, -0.1) is 0 Å². The minimum Gasteiger partial charge on any atom is -0.465 e. The van der Waals surface area contributed by atoms with Gasteiger partial charge in [-0.25, -0.2) is 0 Å². The molecule has 0 spiro atoms. The van der Waals surface area contributed by atoms with E-state index in [0.29, 0.717) is 6.61 Å². The number of esters is 1. The van der Waals surface area contributed by atoms with Gasteiger partial charge in [0.1, 0.15) is 6.04 Å². The van der Waals surface area contributed by atoms with Gasteiger partial charge in [0.2, 0.25) is 0 Å². The number of nitrogens with two attached hydrogens (primary N) is 1. The Morgan fingerprint density at radius 2 is 2.00 bits per heavy atom. The molecule has 0 aliphatic rings. The quantitative estimate of drug-likeness (QED) is 0.664. The Morgan fingerprint density at radius 1 is 1.50 bits per heavy atom. The highest BCUT2D eigenvalue weighted by molar-refractivity contribution is 5.77. The molecule has 0 unspecified atom stereocenters. The van der Waals surface area contributed by atoms with Crippen LogP contribution in [0.5, 0.6) is 0 Å². The van der Waals surface area contributed by atoms with E-state index in [-0.39, 0.29) is 11.5 Å². The maximum absolute atomic E-state index is 11.5. The van der Waals surface area contributed by atoms with E-state index in [2.05, 4.69) is 0 Å². The molecule has 0 aliphatic heterocycles. The van der Waals surface area contributed by atoms with Gasteiger partial charge in [-0.05, 0) is 34.4 Å². The second-order valence-electron chi connectivity index (χ2n) is 3.83. The molecule has 4 nitrogen and oxygen atoms in total. The molecule has 0 aromatic carbocycles. The minimum absolute atomic E-state index is 0.328. The van der Waals surface area contributed by atoms with Gasteiger partial charge in [0, 0.05) is 5.54 Å². The van der Waals surface area contributed by atoms with Crippen molar-refractivity contribution in [2.75, 3.05) is 20.7 Å². The monoisotopic (exact) mass is 202 g/mol. The fourth-order valence-corrected chi connectivity index (χ4v) is 1.30. The first kappa shape index (κ1) is 13.4. The summed E-state index contributed by atoms with van der Waals surface area (Å²) < 4.78 is 4.91. The standard InChI is InChI=1S/C10H22N2O2/c1-6-10(3,12(4)5)8(11)9(13)14-7-2/h8H,6-7,11H2,1-5H3/t8-,10+/m1/s1. The molecule has 0 aromatic heterocycles. The van der Waals surface area contributed by atoms with E-state index in [0.717, 1.165) is 6.42 Å². The molecule has 14 heavy (non-hydrogen) atoms. The molecule has 2 atom stereocenters. The fraction of sp³-hybridized carbons (Fsp3) is 0.900. The van der Waals surface area contributed by atoms with Crippen LogP contribution in [0, 0.1) is 0 Å². The van der Waals surface area contributed by atoms with Gasteiger partial charge >= 0.3 is 5.97 Å². The van der Waals surface area contributed by atoms with Crippen molar-refractivity contribution in [3.05, 3.63) is 0 Å². The Balaban J connectivity index is 4.60. The molecule has 4 heteroatoms. The summed E-state index contributed by atoms with van der Waals surface area (Å²) in [4.78, 5) is 13.4. The molecule has 0 aromatic rings. The predicted molar refractivity (Wildman–Crippen MR) is 57.0 cm³/mol. The number of ether oxygens (including phenoxy) is 1. The molecule has 0 amide bonds. The average molecular weight is 202 g/mol. The molecule has 0 heterocycles. The SMILES string of the molecule is CCOC(=O)[C@@H](N)[C@](C)(CC)N(C)C. The zero-order valence-electron chi connectivity index (χ0n) is 9.83. The van der Waals surface area contributed by atoms with Gasteiger partial charge in [-0.1, -0.05) is 6.92 Å². The van der Waals surface area contributed by atoms with E-state index < -0.39 is 6.04 Å². The van der Waals surface area contributed by atoms with Crippen molar-refractivity contribution in [1.82, 2.24) is 4.90 Å². The smallest absolute Gasteiger partial charge is 0.324 e. The molecule has 0 aliphatic carbocycles. The largest absolute Gasteiger partial charge is 0.465 e. The van der Waals surface area contributed by atoms with Crippen LogP contribution in [0.25, 0.3) is 0 Å². The van der Waals surface area contributed by atoms with Crippen molar-refractivity contribution in [2.24, 2.45) is 5.73 Å². The molecule has 0 saturated heterocycles. The van der Waals surface area contributed by atoms with Gasteiger partial charge in [0.05, 0.1) is 6.61 Å². The number of rotatable bonds is 5. The lowest BCUT2D eigenvalue weighted by molar-refractivity contribution is -0.148. The molecule has 0 saturated carbocycles. The number of hydrogen-bond acceptors (Lipinski definition) is 4. The Bertz CT molecular complexity index is 195. The van der Waals surface area contributed by atoms with E-state index >= 15 is 0 Å². The first-order valence-corrected chi connectivity index (χ1v) is 4.99. The predicted octanol–water partition coefficient (Wildman–Crippen LogP) is 0.607. The highest BCUT2D eigenvalue weighted by Gasteiger charge is 2.37. The third-order valence-corrected chi connectivity index (χ3v) is 2.95. The summed E-state index contributed by atoms with van der Waals surface area (Å²) in [6, 6.07) is -0.595. The van der Waals surface area contributed by atoms with E-state index in [1.807, 2.05) is 32.8 Å². The van der Waals surface area contributed by atoms with Crippen LogP contribution < -0.4 is 5.73 Å². The maximum atomic E-state index is 11.5. The Labute approximate surface area is 86.4 Å². The van der Waals surface area contributed by atoms with Crippen LogP contribution in [0.1, 0.15) is 27.2 Å². The van der Waals surface area contributed by atoms with E-state index in [4.69, 9.17) is 10.5 Å². The van der Waals surface area contributed by atoms with E-state index in [1.54, 1.807) is 6.92 Å². The fourth-order valence-electron chi connectivity index (χ4n) is 1.30. The van der Waals surface area contributed by atoms with Crippen LogP contribution in [0.2, 0.25) is 0 Å². The molecular weight excluding hydrogens is 180 g/mol. The topological polar surface area (TPSA) is 55.6 Å². The van der Waals surface area contributed by atoms with Crippen LogP contribution in [-0.2, 0) is 9.53 Å². The van der Waals surface area contributed by atoms with Crippen LogP contribution in [-0.4, -0.2) is 43.2 Å². The Hall–Kier alpha value is -0.610. The lowest BCUT2D eigenvalue weighted by Crippen LogP contribution is -2.58. The summed E-state index contributed by atoms with van der Waals surface area (Å²) in [5.41, 5.74) is 5.54. The summed E-state index contributed by atoms with van der Waals surface area (Å²) in [6.07, 6.45) is 0.806. The Morgan fingerprint density at radius 3 is 2.29 bits per heavy atom. The van der Waals surface area contributed by atoms with E-state index in [1.165, 1.54) is 0 Å². The normalized spacial score (nSPS) is 17.6. The zero-order chi connectivity index (χ0) is 11.4. The first-order valence-electron chi connectivity index (χ1n) is 4.99. The van der Waals surface area contributed by atoms with E-state index in [9.17, 15) is 4.79 Å². The van der Waals surface area contributed by atoms with Gasteiger partial charge in [0.25, 0.3) is 0 Å². The maximum Gasteiger partial charge on any atom is 0.324 e. The number of carbonyl (C=O) groups is 1. The van der Waals surface area contributed by atoms with Crippen LogP contribution in [0.3, 0.4) is 0 Å². The minimum atomic E-state index is -0.595. The first-order chi connectivity index (χ1) is 6.40. The molecule has 0 radical (unpaired) electrons. The second-order valence-corrected chi connectivity index (χ2v) is 3.83. The summed E-state index contributed by atoms with van der Waals surface area (Å²) >= 11 is 0. The number of carbonyl (C=O) groups excluding carboxylic acids is 1. The van der Waals surface area contributed by atoms with Crippen LogP contribution in [0.15, 0.2) is 0 Å². The lowest BCUT2D eigenvalue weighted by atomic mass is 9.88. The molecule has 84 valence electrons. The number of nitrogens with zero attached hydrogens (tertiary/aromatic N) is 1. The van der Waals surface area contributed by atoms with Gasteiger partial charge in [-0.3, -0.25) is 4.79 Å². The second kappa shape index (κ2) is 5.32. The third-order valence-electron chi connectivity index (χ3n) is 2.95. The summed E-state index contributed by atoms with van der Waals surface area (Å²) in [5.74, 6) is -0.328. The summed E-state index contributed by atoms with van der Waals surface area (Å²) in [6.45, 7) is 6.14. The Kier molecular flexibility index (Phi) is 5.08. The third kappa shape index (κ3) is 2.69. The zero-order valence-corrected chi connectivity index (χ0v) is 9.83. The van der Waals surface area contributed by atoms with Crippen LogP contribution >= 0.6 is 0 Å². The van der Waals surface area contributed by atoms with Gasteiger partial charge in [0.15, 0.2) is 0 Å². The molecular formula is C10H22N2O2. The summed E-state index contributed by atoms with van der Waals surface area (Å²) in [5, 5.41) is 0. The van der Waals surface area contributed by atoms with Crippen LogP contribution in [0.4, 0.5) is 0 Å². The summed E-state index contributed by atoms with van der Waals surface area (Å²) in [7, 11) is 3.84. The number of hydrogen-bond donors (Lipinski definition) is 1. The van der Waals surface area contributed by atoms with Crippen molar-refractivity contribution in [1.29, 1.82) is 0 Å². The molecule has 2 N–H and O–H groups in total. The molecule has 0 rings (SSSR count). The van der Waals surface area contributed by atoms with Crippen molar-refractivity contribution in [3.8, 4) is 0 Å². The highest BCUT2D eigenvalue weighted by atomic mass is 16.5. The molecule has 0 fully saturated rings. The van der Waals surface area contributed by atoms with Crippen molar-refractivity contribution in [3.63, 3.8) is 0 Å².